The Bertz CT molecular complexity index is 1400. The zero-order chi connectivity index (χ0) is 23.3. The Labute approximate surface area is 193 Å². The number of fused-ring (bicyclic) bond motifs is 2. The van der Waals surface area contributed by atoms with E-state index in [1.165, 1.54) is 5.56 Å². The molecule has 1 atom stereocenters. The Morgan fingerprint density at radius 1 is 1.15 bits per heavy atom. The fourth-order valence-corrected chi connectivity index (χ4v) is 4.92. The van der Waals surface area contributed by atoms with Crippen LogP contribution < -0.4 is 10.5 Å². The first-order valence-corrected chi connectivity index (χ1v) is 11.6. The van der Waals surface area contributed by atoms with Crippen molar-refractivity contribution in [3.05, 3.63) is 80.9 Å². The summed E-state index contributed by atoms with van der Waals surface area (Å²) in [5, 5.41) is 14.0. The minimum Gasteiger partial charge on any atom is -0.357 e. The van der Waals surface area contributed by atoms with Gasteiger partial charge in [-0.1, -0.05) is 31.2 Å². The van der Waals surface area contributed by atoms with Gasteiger partial charge in [0, 0.05) is 28.7 Å². The number of aromatic nitrogens is 5. The molecule has 0 saturated heterocycles. The Morgan fingerprint density at radius 2 is 1.94 bits per heavy atom. The van der Waals surface area contributed by atoms with Crippen LogP contribution in [0.25, 0.3) is 10.9 Å². The van der Waals surface area contributed by atoms with E-state index in [1.807, 2.05) is 29.8 Å². The van der Waals surface area contributed by atoms with E-state index in [1.54, 1.807) is 0 Å². The van der Waals surface area contributed by atoms with E-state index < -0.39 is 6.04 Å². The molecule has 5 rings (SSSR count). The molecule has 2 aromatic carbocycles. The molecule has 170 valence electrons. The number of para-hydroxylation sites is 1. The number of nitrogens with one attached hydrogen (secondary N) is 1. The summed E-state index contributed by atoms with van der Waals surface area (Å²) in [6, 6.07) is 14.2. The quantitative estimate of drug-likeness (QED) is 0.495. The van der Waals surface area contributed by atoms with Crippen LogP contribution >= 0.6 is 0 Å². The van der Waals surface area contributed by atoms with Crippen molar-refractivity contribution >= 4 is 16.6 Å². The molecule has 7 heteroatoms. The molecule has 0 aliphatic carbocycles. The maximum atomic E-state index is 13.5. The number of anilines is 1. The van der Waals surface area contributed by atoms with Crippen molar-refractivity contribution in [2.45, 2.75) is 59.0 Å². The van der Waals surface area contributed by atoms with Crippen LogP contribution in [-0.4, -0.2) is 31.7 Å². The number of hydrogen-bond acceptors (Lipinski definition) is 5. The van der Waals surface area contributed by atoms with E-state index >= 15 is 0 Å². The lowest BCUT2D eigenvalue weighted by molar-refractivity contribution is 0.287. The van der Waals surface area contributed by atoms with Crippen LogP contribution in [0.3, 0.4) is 0 Å². The van der Waals surface area contributed by atoms with Gasteiger partial charge in [-0.05, 0) is 85.9 Å². The van der Waals surface area contributed by atoms with Gasteiger partial charge in [-0.15, -0.1) is 5.10 Å². The molecule has 0 spiro atoms. The van der Waals surface area contributed by atoms with E-state index in [0.29, 0.717) is 11.4 Å². The number of aromatic amines is 1. The summed E-state index contributed by atoms with van der Waals surface area (Å²) in [5.41, 5.74) is 5.80. The summed E-state index contributed by atoms with van der Waals surface area (Å²) in [6.45, 7) is 11.3. The minimum absolute atomic E-state index is 0.106. The molecule has 1 aliphatic rings. The number of aryl methyl sites for hydroxylation is 2. The smallest absolute Gasteiger partial charge is 0.254 e. The lowest BCUT2D eigenvalue weighted by atomic mass is 9.98. The standard InChI is InChI=1S/C26H30N6O/c1-6-26(4,5)32-24(28-29-30-32)23(31-12-11-18-9-7-8-10-22(18)31)20-15-19-17(3)13-16(2)14-21(19)27-25(20)33/h7-10,13-15,23H,6,11-12H2,1-5H3,(H,27,33)/t23-/m1/s1. The second-order valence-electron chi connectivity index (χ2n) is 9.69. The number of nitrogens with zero attached hydrogens (tertiary/aromatic N) is 5. The topological polar surface area (TPSA) is 79.7 Å². The molecule has 0 fully saturated rings. The predicted molar refractivity (Wildman–Crippen MR) is 131 cm³/mol. The maximum absolute atomic E-state index is 13.5. The summed E-state index contributed by atoms with van der Waals surface area (Å²) in [4.78, 5) is 19.0. The van der Waals surface area contributed by atoms with E-state index in [0.717, 1.165) is 47.1 Å². The molecule has 1 aliphatic heterocycles. The third kappa shape index (κ3) is 3.52. The molecular formula is C26H30N6O. The zero-order valence-electron chi connectivity index (χ0n) is 19.9. The van der Waals surface area contributed by atoms with Crippen LogP contribution in [0.4, 0.5) is 5.69 Å². The van der Waals surface area contributed by atoms with Crippen molar-refractivity contribution in [3.63, 3.8) is 0 Å². The first kappa shape index (κ1) is 21.4. The Balaban J connectivity index is 1.78. The summed E-state index contributed by atoms with van der Waals surface area (Å²) < 4.78 is 1.89. The monoisotopic (exact) mass is 442 g/mol. The molecule has 0 saturated carbocycles. The van der Waals surface area contributed by atoms with E-state index in [-0.39, 0.29) is 11.1 Å². The van der Waals surface area contributed by atoms with E-state index in [4.69, 9.17) is 0 Å². The highest BCUT2D eigenvalue weighted by atomic mass is 16.1. The van der Waals surface area contributed by atoms with Crippen molar-refractivity contribution < 1.29 is 0 Å². The largest absolute Gasteiger partial charge is 0.357 e. The first-order chi connectivity index (χ1) is 15.8. The lowest BCUT2D eigenvalue weighted by Gasteiger charge is -2.32. The fraction of sp³-hybridized carbons (Fsp3) is 0.385. The van der Waals surface area contributed by atoms with Gasteiger partial charge in [-0.2, -0.15) is 0 Å². The van der Waals surface area contributed by atoms with Gasteiger partial charge in [0.05, 0.1) is 5.54 Å². The molecule has 1 N–H and O–H groups in total. The Hall–Kier alpha value is -3.48. The van der Waals surface area contributed by atoms with Gasteiger partial charge in [0.25, 0.3) is 5.56 Å². The third-order valence-electron chi connectivity index (χ3n) is 7.05. The highest BCUT2D eigenvalue weighted by Gasteiger charge is 2.36. The second kappa shape index (κ2) is 7.83. The average Bonchev–Trinajstić information content (AvgIpc) is 3.43. The van der Waals surface area contributed by atoms with Gasteiger partial charge in [-0.3, -0.25) is 4.79 Å². The molecule has 0 bridgehead atoms. The molecular weight excluding hydrogens is 412 g/mol. The summed E-state index contributed by atoms with van der Waals surface area (Å²) in [5.74, 6) is 0.688. The molecule has 0 amide bonds. The van der Waals surface area contributed by atoms with Crippen molar-refractivity contribution in [2.75, 3.05) is 11.4 Å². The van der Waals surface area contributed by atoms with Crippen LogP contribution in [0.2, 0.25) is 0 Å². The molecule has 0 unspecified atom stereocenters. The number of rotatable bonds is 5. The van der Waals surface area contributed by atoms with Crippen molar-refractivity contribution in [2.24, 2.45) is 0 Å². The molecule has 7 nitrogen and oxygen atoms in total. The summed E-state index contributed by atoms with van der Waals surface area (Å²) in [7, 11) is 0. The fourth-order valence-electron chi connectivity index (χ4n) is 4.92. The molecule has 33 heavy (non-hydrogen) atoms. The second-order valence-corrected chi connectivity index (χ2v) is 9.69. The zero-order valence-corrected chi connectivity index (χ0v) is 19.9. The van der Waals surface area contributed by atoms with Crippen LogP contribution in [0, 0.1) is 13.8 Å². The molecule has 4 aromatic rings. The number of benzene rings is 2. The van der Waals surface area contributed by atoms with Gasteiger partial charge in [0.15, 0.2) is 5.82 Å². The van der Waals surface area contributed by atoms with Crippen molar-refractivity contribution in [3.8, 4) is 0 Å². The van der Waals surface area contributed by atoms with Crippen LogP contribution in [-0.2, 0) is 12.0 Å². The van der Waals surface area contributed by atoms with Crippen LogP contribution in [0.15, 0.2) is 47.3 Å². The van der Waals surface area contributed by atoms with Crippen LogP contribution in [0.5, 0.6) is 0 Å². The van der Waals surface area contributed by atoms with E-state index in [9.17, 15) is 4.79 Å². The number of hydrogen-bond donors (Lipinski definition) is 1. The summed E-state index contributed by atoms with van der Waals surface area (Å²) >= 11 is 0. The van der Waals surface area contributed by atoms with Crippen molar-refractivity contribution in [1.29, 1.82) is 0 Å². The Morgan fingerprint density at radius 3 is 2.73 bits per heavy atom. The highest BCUT2D eigenvalue weighted by Crippen LogP contribution is 2.38. The minimum atomic E-state index is -0.400. The van der Waals surface area contributed by atoms with Gasteiger partial charge in [-0.25, -0.2) is 4.68 Å². The van der Waals surface area contributed by atoms with Gasteiger partial charge < -0.3 is 9.88 Å². The highest BCUT2D eigenvalue weighted by molar-refractivity contribution is 5.83. The van der Waals surface area contributed by atoms with Crippen LogP contribution in [0.1, 0.15) is 61.3 Å². The SMILES string of the molecule is CCC(C)(C)n1nnnc1[C@@H](c1cc2c(C)cc(C)cc2[nH]c1=O)N1CCc2ccccc21. The Kier molecular flexibility index (Phi) is 5.07. The lowest BCUT2D eigenvalue weighted by Crippen LogP contribution is -2.37. The number of tetrazole rings is 1. The normalized spacial score (nSPS) is 14.6. The van der Waals surface area contributed by atoms with E-state index in [2.05, 4.69) is 77.4 Å². The van der Waals surface area contributed by atoms with Gasteiger partial charge >= 0.3 is 0 Å². The third-order valence-corrected chi connectivity index (χ3v) is 7.05. The number of H-pyrrole nitrogens is 1. The van der Waals surface area contributed by atoms with Crippen molar-refractivity contribution in [1.82, 2.24) is 25.2 Å². The van der Waals surface area contributed by atoms with Gasteiger partial charge in [0.1, 0.15) is 6.04 Å². The number of pyridine rings is 1. The molecule has 0 radical (unpaired) electrons. The first-order valence-electron chi connectivity index (χ1n) is 11.6. The predicted octanol–water partition coefficient (Wildman–Crippen LogP) is 4.43. The average molecular weight is 443 g/mol. The molecule has 2 aromatic heterocycles. The molecule has 3 heterocycles. The summed E-state index contributed by atoms with van der Waals surface area (Å²) in [6.07, 6.45) is 1.79. The maximum Gasteiger partial charge on any atom is 0.254 e. The van der Waals surface area contributed by atoms with Gasteiger partial charge in [0.2, 0.25) is 0 Å².